The molecule has 2 heterocycles. The Morgan fingerprint density at radius 1 is 1.28 bits per heavy atom. The van der Waals surface area contributed by atoms with Gasteiger partial charge < -0.3 is 14.8 Å². The van der Waals surface area contributed by atoms with Gasteiger partial charge in [-0.2, -0.15) is 10.1 Å². The van der Waals surface area contributed by atoms with Crippen molar-refractivity contribution in [2.24, 2.45) is 0 Å². The Morgan fingerprint density at radius 2 is 2.04 bits per heavy atom. The Kier molecular flexibility index (Phi) is 5.02. The van der Waals surface area contributed by atoms with E-state index < -0.39 is 0 Å². The molecule has 1 aromatic carbocycles. The van der Waals surface area contributed by atoms with Crippen LogP contribution in [-0.4, -0.2) is 34.5 Å². The number of hydrogen-bond donors (Lipinski definition) is 1. The van der Waals surface area contributed by atoms with Crippen LogP contribution in [0.5, 0.6) is 5.75 Å². The van der Waals surface area contributed by atoms with Crippen molar-refractivity contribution in [3.63, 3.8) is 0 Å². The fraction of sp³-hybridized carbons (Fsp3) is 0.389. The molecule has 0 radical (unpaired) electrons. The van der Waals surface area contributed by atoms with Gasteiger partial charge in [0, 0.05) is 5.70 Å². The summed E-state index contributed by atoms with van der Waals surface area (Å²) in [4.78, 5) is 17.0. The van der Waals surface area contributed by atoms with Gasteiger partial charge in [0.1, 0.15) is 18.1 Å². The van der Waals surface area contributed by atoms with Crippen LogP contribution in [0.2, 0.25) is 0 Å². The molecule has 1 atom stereocenters. The zero-order valence-corrected chi connectivity index (χ0v) is 14.7. The second-order valence-electron chi connectivity index (χ2n) is 5.69. The Hall–Kier alpha value is -2.83. The van der Waals surface area contributed by atoms with E-state index in [4.69, 9.17) is 9.47 Å². The van der Waals surface area contributed by atoms with Gasteiger partial charge in [0.15, 0.2) is 0 Å². The summed E-state index contributed by atoms with van der Waals surface area (Å²) in [7, 11) is 1.62. The molecule has 0 spiro atoms. The number of esters is 1. The number of aromatic nitrogens is 3. The maximum absolute atomic E-state index is 12.7. The number of hydrogen-bond acceptors (Lipinski definition) is 6. The highest BCUT2D eigenvalue weighted by Gasteiger charge is 2.35. The van der Waals surface area contributed by atoms with Crippen LogP contribution >= 0.6 is 0 Å². The van der Waals surface area contributed by atoms with Gasteiger partial charge in [0.05, 0.1) is 19.3 Å². The zero-order chi connectivity index (χ0) is 17.8. The summed E-state index contributed by atoms with van der Waals surface area (Å²) < 4.78 is 12.3. The van der Waals surface area contributed by atoms with Gasteiger partial charge in [0.2, 0.25) is 5.95 Å². The number of nitrogens with zero attached hydrogens (tertiary/aromatic N) is 3. The van der Waals surface area contributed by atoms with Crippen molar-refractivity contribution in [2.45, 2.75) is 32.7 Å². The third-order valence-electron chi connectivity index (χ3n) is 4.11. The summed E-state index contributed by atoms with van der Waals surface area (Å²) in [5, 5.41) is 7.55. The minimum atomic E-state index is -0.384. The molecule has 1 N–H and O–H groups in total. The lowest BCUT2D eigenvalue weighted by molar-refractivity contribution is -0.139. The van der Waals surface area contributed by atoms with Crippen LogP contribution in [0.1, 0.15) is 38.3 Å². The smallest absolute Gasteiger partial charge is 0.338 e. The topological polar surface area (TPSA) is 78.3 Å². The van der Waals surface area contributed by atoms with E-state index >= 15 is 0 Å². The molecule has 0 amide bonds. The number of rotatable bonds is 6. The van der Waals surface area contributed by atoms with E-state index in [0.717, 1.165) is 29.9 Å². The van der Waals surface area contributed by atoms with Gasteiger partial charge in [-0.25, -0.2) is 9.48 Å². The van der Waals surface area contributed by atoms with Gasteiger partial charge in [0.25, 0.3) is 0 Å². The van der Waals surface area contributed by atoms with Crippen LogP contribution in [0, 0.1) is 0 Å². The standard InChI is InChI=1S/C18H22N4O3/c1-4-6-14-15(17(23)25-5-2)16(22-18(21-14)19-11-20-22)12-7-9-13(24-3)10-8-12/h7-11,16H,4-6H2,1-3H3,(H,19,20,21). The maximum Gasteiger partial charge on any atom is 0.338 e. The first-order valence-corrected chi connectivity index (χ1v) is 8.40. The Bertz CT molecular complexity index is 780. The SMILES string of the molecule is CCCC1=C(C(=O)OCC)C(c2ccc(OC)cc2)n2ncnc2N1. The summed E-state index contributed by atoms with van der Waals surface area (Å²) in [6, 6.07) is 7.23. The van der Waals surface area contributed by atoms with Crippen LogP contribution in [0.15, 0.2) is 41.9 Å². The molecular formula is C18H22N4O3. The highest BCUT2D eigenvalue weighted by molar-refractivity contribution is 5.92. The molecule has 132 valence electrons. The lowest BCUT2D eigenvalue weighted by atomic mass is 9.94. The van der Waals surface area contributed by atoms with E-state index in [1.54, 1.807) is 18.7 Å². The number of nitrogens with one attached hydrogen (secondary N) is 1. The molecule has 2 aromatic rings. The molecule has 1 aliphatic heterocycles. The molecule has 1 unspecified atom stereocenters. The molecule has 7 heteroatoms. The van der Waals surface area contributed by atoms with Crippen molar-refractivity contribution in [2.75, 3.05) is 19.0 Å². The van der Waals surface area contributed by atoms with E-state index in [-0.39, 0.29) is 12.0 Å². The monoisotopic (exact) mass is 342 g/mol. The number of methoxy groups -OCH3 is 1. The van der Waals surface area contributed by atoms with Gasteiger partial charge in [-0.3, -0.25) is 0 Å². The summed E-state index contributed by atoms with van der Waals surface area (Å²) in [5.41, 5.74) is 2.33. The first-order valence-electron chi connectivity index (χ1n) is 8.40. The van der Waals surface area contributed by atoms with Crippen molar-refractivity contribution in [3.8, 4) is 5.75 Å². The van der Waals surface area contributed by atoms with Gasteiger partial charge in [-0.05, 0) is 31.0 Å². The molecule has 3 rings (SSSR count). The molecule has 1 aliphatic rings. The van der Waals surface area contributed by atoms with E-state index in [9.17, 15) is 4.79 Å². The number of carbonyl (C=O) groups is 1. The molecule has 25 heavy (non-hydrogen) atoms. The normalized spacial score (nSPS) is 16.2. The highest BCUT2D eigenvalue weighted by atomic mass is 16.5. The molecule has 0 bridgehead atoms. The number of fused-ring (bicyclic) bond motifs is 1. The lowest BCUT2D eigenvalue weighted by Crippen LogP contribution is -2.30. The summed E-state index contributed by atoms with van der Waals surface area (Å²) in [6.07, 6.45) is 3.11. The predicted molar refractivity (Wildman–Crippen MR) is 93.3 cm³/mol. The van der Waals surface area contributed by atoms with Crippen LogP contribution < -0.4 is 10.1 Å². The third-order valence-corrected chi connectivity index (χ3v) is 4.11. The second-order valence-corrected chi connectivity index (χ2v) is 5.69. The summed E-state index contributed by atoms with van der Waals surface area (Å²) in [5.74, 6) is 1.05. The van der Waals surface area contributed by atoms with Crippen molar-refractivity contribution in [1.82, 2.24) is 14.8 Å². The number of benzene rings is 1. The molecule has 0 fully saturated rings. The van der Waals surface area contributed by atoms with Crippen LogP contribution in [-0.2, 0) is 9.53 Å². The predicted octanol–water partition coefficient (Wildman–Crippen LogP) is 2.92. The average molecular weight is 342 g/mol. The van der Waals surface area contributed by atoms with Crippen LogP contribution in [0.25, 0.3) is 0 Å². The third kappa shape index (κ3) is 3.22. The van der Waals surface area contributed by atoms with E-state index in [1.165, 1.54) is 6.33 Å². The van der Waals surface area contributed by atoms with Crippen LogP contribution in [0.4, 0.5) is 5.95 Å². The van der Waals surface area contributed by atoms with E-state index in [2.05, 4.69) is 22.3 Å². The fourth-order valence-electron chi connectivity index (χ4n) is 3.00. The molecule has 7 nitrogen and oxygen atoms in total. The largest absolute Gasteiger partial charge is 0.497 e. The van der Waals surface area contributed by atoms with Crippen molar-refractivity contribution in [1.29, 1.82) is 0 Å². The lowest BCUT2D eigenvalue weighted by Gasteiger charge is -2.29. The van der Waals surface area contributed by atoms with Gasteiger partial charge >= 0.3 is 5.97 Å². The number of anilines is 1. The Labute approximate surface area is 146 Å². The van der Waals surface area contributed by atoms with Gasteiger partial charge in [-0.15, -0.1) is 0 Å². The van der Waals surface area contributed by atoms with Gasteiger partial charge in [-0.1, -0.05) is 25.5 Å². The summed E-state index contributed by atoms with van der Waals surface area (Å²) >= 11 is 0. The molecule has 0 aliphatic carbocycles. The zero-order valence-electron chi connectivity index (χ0n) is 14.7. The summed E-state index contributed by atoms with van der Waals surface area (Å²) in [6.45, 7) is 4.19. The second kappa shape index (κ2) is 7.38. The molecule has 0 saturated carbocycles. The Balaban J connectivity index is 2.13. The van der Waals surface area contributed by atoms with E-state index in [1.807, 2.05) is 24.3 Å². The number of ether oxygens (including phenoxy) is 2. The van der Waals surface area contributed by atoms with Crippen molar-refractivity contribution < 1.29 is 14.3 Å². The first-order chi connectivity index (χ1) is 12.2. The maximum atomic E-state index is 12.7. The van der Waals surface area contributed by atoms with Crippen molar-refractivity contribution in [3.05, 3.63) is 47.4 Å². The van der Waals surface area contributed by atoms with Crippen LogP contribution in [0.3, 0.4) is 0 Å². The number of carbonyl (C=O) groups excluding carboxylic acids is 1. The first kappa shape index (κ1) is 17.0. The minimum Gasteiger partial charge on any atom is -0.497 e. The minimum absolute atomic E-state index is 0.321. The molecule has 0 saturated heterocycles. The highest BCUT2D eigenvalue weighted by Crippen LogP contribution is 2.37. The van der Waals surface area contributed by atoms with Crippen molar-refractivity contribution >= 4 is 11.9 Å². The Morgan fingerprint density at radius 3 is 2.68 bits per heavy atom. The number of allylic oxidation sites excluding steroid dienone is 1. The van der Waals surface area contributed by atoms with E-state index in [0.29, 0.717) is 18.1 Å². The fourth-order valence-corrected chi connectivity index (χ4v) is 3.00. The molecule has 1 aromatic heterocycles. The quantitative estimate of drug-likeness (QED) is 0.813. The molecular weight excluding hydrogens is 320 g/mol. The average Bonchev–Trinajstić information content (AvgIpc) is 3.09.